The van der Waals surface area contributed by atoms with Gasteiger partial charge in [0.25, 0.3) is 5.91 Å². The molecule has 0 aromatic heterocycles. The predicted molar refractivity (Wildman–Crippen MR) is 261 cm³/mol. The SMILES string of the molecule is CCCCNC(=O)OC(C)(C)C.CN(C(=O)CNC(=O)c1ccc(-c2ccc(Cl)cc2)cc1)C1C(=O)NCC(=O)NC(C(=O)O)Cc2ccc(OC(=O)OC(C)(C)C)c(c2)-c2cc1ccc2C1CC1. The van der Waals surface area contributed by atoms with E-state index < -0.39 is 72.1 Å². The van der Waals surface area contributed by atoms with Gasteiger partial charge in [-0.15, -0.1) is 0 Å². The van der Waals surface area contributed by atoms with Gasteiger partial charge in [-0.05, 0) is 143 Å². The third-order valence-corrected chi connectivity index (χ3v) is 11.0. The second-order valence-corrected chi connectivity index (χ2v) is 19.3. The number of amides is 5. The zero-order valence-corrected chi connectivity index (χ0v) is 41.1. The predicted octanol–water partition coefficient (Wildman–Crippen LogP) is 8.35. The van der Waals surface area contributed by atoms with Crippen LogP contribution in [0.25, 0.3) is 22.3 Å². The molecule has 1 aliphatic carbocycles. The van der Waals surface area contributed by atoms with Gasteiger partial charge in [0.1, 0.15) is 29.0 Å². The van der Waals surface area contributed by atoms with Gasteiger partial charge in [-0.3, -0.25) is 19.2 Å². The van der Waals surface area contributed by atoms with E-state index in [0.29, 0.717) is 39.4 Å². The molecule has 4 aromatic carbocycles. The largest absolute Gasteiger partial charge is 0.514 e. The molecule has 0 spiro atoms. The first-order valence-corrected chi connectivity index (χ1v) is 23.2. The number of hydrogen-bond acceptors (Lipinski definition) is 10. The molecule has 0 radical (unpaired) electrons. The number of carbonyl (C=O) groups is 7. The van der Waals surface area contributed by atoms with E-state index in [4.69, 9.17) is 25.8 Å². The summed E-state index contributed by atoms with van der Waals surface area (Å²) in [5.74, 6) is -3.60. The fourth-order valence-electron chi connectivity index (χ4n) is 7.25. The van der Waals surface area contributed by atoms with Crippen molar-refractivity contribution in [1.82, 2.24) is 26.2 Å². The minimum atomic E-state index is -1.35. The molecule has 1 heterocycles. The van der Waals surface area contributed by atoms with Crippen LogP contribution in [0.3, 0.4) is 0 Å². The van der Waals surface area contributed by atoms with Crippen LogP contribution in [0.4, 0.5) is 9.59 Å². The summed E-state index contributed by atoms with van der Waals surface area (Å²) in [6.45, 7) is 12.4. The Bertz CT molecular complexity index is 2510. The first-order chi connectivity index (χ1) is 32.5. The van der Waals surface area contributed by atoms with E-state index in [9.17, 15) is 38.7 Å². The molecule has 1 aliphatic heterocycles. The van der Waals surface area contributed by atoms with E-state index >= 15 is 0 Å². The second-order valence-electron chi connectivity index (χ2n) is 18.9. The fourth-order valence-corrected chi connectivity index (χ4v) is 7.38. The number of nitrogens with zero attached hydrogens (tertiary/aromatic N) is 1. The Morgan fingerprint density at radius 3 is 2.04 bits per heavy atom. The number of ether oxygens (including phenoxy) is 3. The molecule has 368 valence electrons. The Morgan fingerprint density at radius 2 is 1.45 bits per heavy atom. The minimum absolute atomic E-state index is 0.106. The first kappa shape index (κ1) is 53.0. The van der Waals surface area contributed by atoms with Gasteiger partial charge in [0.15, 0.2) is 0 Å². The van der Waals surface area contributed by atoms with Gasteiger partial charge in [0, 0.05) is 36.2 Å². The van der Waals surface area contributed by atoms with Crippen LogP contribution >= 0.6 is 11.6 Å². The number of hydrogen-bond donors (Lipinski definition) is 5. The average Bonchev–Trinajstić information content (AvgIpc) is 4.13. The number of benzene rings is 4. The maximum Gasteiger partial charge on any atom is 0.514 e. The molecular formula is C52H62ClN5O11. The number of carboxylic acids is 1. The Kier molecular flexibility index (Phi) is 18.0. The molecule has 16 nitrogen and oxygen atoms in total. The average molecular weight is 969 g/mol. The van der Waals surface area contributed by atoms with Crippen LogP contribution in [0.15, 0.2) is 84.9 Å². The van der Waals surface area contributed by atoms with Gasteiger partial charge >= 0.3 is 18.2 Å². The molecule has 2 unspecified atom stereocenters. The minimum Gasteiger partial charge on any atom is -0.480 e. The number of aliphatic carboxylic acids is 1. The quantitative estimate of drug-likeness (QED) is 0.0547. The van der Waals surface area contributed by atoms with Crippen LogP contribution in [0.1, 0.15) is 113 Å². The van der Waals surface area contributed by atoms with Crippen LogP contribution in [0.5, 0.6) is 5.75 Å². The number of carboxylic acid groups (broad SMARTS) is 1. The molecule has 2 aliphatic rings. The molecule has 4 aromatic rings. The molecule has 1 fully saturated rings. The molecule has 5 amide bonds. The maximum atomic E-state index is 14.0. The van der Waals surface area contributed by atoms with Crippen molar-refractivity contribution >= 4 is 53.4 Å². The van der Waals surface area contributed by atoms with Crippen molar-refractivity contribution in [2.75, 3.05) is 26.7 Å². The summed E-state index contributed by atoms with van der Waals surface area (Å²) in [4.78, 5) is 91.3. The van der Waals surface area contributed by atoms with Crippen molar-refractivity contribution in [3.05, 3.63) is 112 Å². The highest BCUT2D eigenvalue weighted by atomic mass is 35.5. The zero-order valence-electron chi connectivity index (χ0n) is 40.3. The van der Waals surface area contributed by atoms with Crippen LogP contribution in [-0.4, -0.2) is 95.8 Å². The molecule has 1 saturated carbocycles. The third-order valence-electron chi connectivity index (χ3n) is 10.8. The van der Waals surface area contributed by atoms with Crippen molar-refractivity contribution in [2.45, 2.75) is 110 Å². The highest BCUT2D eigenvalue weighted by molar-refractivity contribution is 6.30. The number of nitrogens with one attached hydrogen (secondary N) is 4. The van der Waals surface area contributed by atoms with E-state index in [1.54, 1.807) is 81.4 Å². The monoisotopic (exact) mass is 967 g/mol. The maximum absolute atomic E-state index is 14.0. The number of halogens is 1. The lowest BCUT2D eigenvalue weighted by Gasteiger charge is -2.29. The summed E-state index contributed by atoms with van der Waals surface area (Å²) in [7, 11) is 1.41. The van der Waals surface area contributed by atoms with E-state index in [-0.39, 0.29) is 24.2 Å². The fraction of sp³-hybridized carbons (Fsp3) is 0.404. The number of alkyl carbamates (subject to hydrolysis) is 1. The first-order valence-electron chi connectivity index (χ1n) is 22.9. The van der Waals surface area contributed by atoms with E-state index in [2.05, 4.69) is 28.2 Å². The van der Waals surface area contributed by atoms with Crippen molar-refractivity contribution in [3.8, 4) is 28.0 Å². The lowest BCUT2D eigenvalue weighted by molar-refractivity contribution is -0.142. The highest BCUT2D eigenvalue weighted by Crippen LogP contribution is 2.47. The summed E-state index contributed by atoms with van der Waals surface area (Å²) in [6.07, 6.45) is 2.49. The third kappa shape index (κ3) is 16.1. The van der Waals surface area contributed by atoms with E-state index in [1.807, 2.05) is 39.0 Å². The zero-order chi connectivity index (χ0) is 50.6. The summed E-state index contributed by atoms with van der Waals surface area (Å²) in [5.41, 5.74) is 3.70. The molecular weight excluding hydrogens is 906 g/mol. The van der Waals surface area contributed by atoms with Gasteiger partial charge in [-0.25, -0.2) is 14.4 Å². The lowest BCUT2D eigenvalue weighted by Crippen LogP contribution is -2.49. The topological polar surface area (TPSA) is 219 Å². The molecule has 6 rings (SSSR count). The van der Waals surface area contributed by atoms with Gasteiger partial charge in [0.2, 0.25) is 17.7 Å². The molecule has 69 heavy (non-hydrogen) atoms. The number of likely N-dealkylation sites (N-methyl/N-ethyl adjacent to an activating group) is 1. The standard InChI is InChI=1S/C43H43ClN4O9.C9H19NO2/c1-43(2,3)57-42(55)56-35-18-5-24-19-33(35)32-21-29(14-17-31(32)27-8-9-27)38(40(52)45-22-36(49)47-34(20-24)41(53)54)48(4)37(50)23-46-39(51)28-10-6-25(7-11-28)26-12-15-30(44)16-13-26;1-5-6-7-10-8(11)12-9(2,3)4/h5-7,10-19,21,27,34,38H,8-9,20,22-23H2,1-4H3,(H,45,52)(H,46,51)(H,47,49)(H,53,54);5-7H2,1-4H3,(H,10,11). The Balaban J connectivity index is 0.000000652. The summed E-state index contributed by atoms with van der Waals surface area (Å²) < 4.78 is 16.2. The number of fused-ring (bicyclic) bond motifs is 5. The van der Waals surface area contributed by atoms with E-state index in [0.717, 1.165) is 42.4 Å². The highest BCUT2D eigenvalue weighted by Gasteiger charge is 2.34. The summed E-state index contributed by atoms with van der Waals surface area (Å²) in [5, 5.41) is 20.9. The summed E-state index contributed by atoms with van der Waals surface area (Å²) >= 11 is 6.01. The number of unbranched alkanes of at least 4 members (excludes halogenated alkanes) is 1. The Hall–Kier alpha value is -6.94. The number of rotatable bonds is 11. The van der Waals surface area contributed by atoms with Gasteiger partial charge in [0.05, 0.1) is 13.1 Å². The second kappa shape index (κ2) is 23.4. The van der Waals surface area contributed by atoms with Crippen LogP contribution in [-0.2, 0) is 35.1 Å². The van der Waals surface area contributed by atoms with Gasteiger partial charge in [-0.2, -0.15) is 0 Å². The van der Waals surface area contributed by atoms with Crippen molar-refractivity contribution in [2.24, 2.45) is 0 Å². The molecule has 2 atom stereocenters. The van der Waals surface area contributed by atoms with E-state index in [1.165, 1.54) is 18.0 Å². The van der Waals surface area contributed by atoms with Gasteiger partial charge < -0.3 is 45.5 Å². The van der Waals surface area contributed by atoms with Crippen LogP contribution < -0.4 is 26.0 Å². The number of carbonyl (C=O) groups excluding carboxylic acids is 6. The summed E-state index contributed by atoms with van der Waals surface area (Å²) in [6, 6.07) is 21.6. The lowest BCUT2D eigenvalue weighted by atomic mass is 9.90. The smallest absolute Gasteiger partial charge is 0.480 e. The van der Waals surface area contributed by atoms with Crippen LogP contribution in [0.2, 0.25) is 5.02 Å². The van der Waals surface area contributed by atoms with Crippen molar-refractivity contribution in [3.63, 3.8) is 0 Å². The van der Waals surface area contributed by atoms with Gasteiger partial charge in [-0.1, -0.05) is 67.4 Å². The molecule has 4 bridgehead atoms. The van der Waals surface area contributed by atoms with Crippen molar-refractivity contribution in [1.29, 1.82) is 0 Å². The Labute approximate surface area is 407 Å². The normalized spacial score (nSPS) is 15.9. The molecule has 17 heteroatoms. The van der Waals surface area contributed by atoms with Crippen molar-refractivity contribution < 1.29 is 52.9 Å². The Morgan fingerprint density at radius 1 is 0.812 bits per heavy atom. The van der Waals surface area contributed by atoms with Crippen LogP contribution in [0, 0.1) is 0 Å². The molecule has 5 N–H and O–H groups in total. The molecule has 0 saturated heterocycles.